The number of nitrogens with zero attached hydrogens (tertiary/aromatic N) is 3. The van der Waals surface area contributed by atoms with Crippen molar-refractivity contribution in [1.82, 2.24) is 9.88 Å². The van der Waals surface area contributed by atoms with Crippen molar-refractivity contribution in [3.05, 3.63) is 48.5 Å². The molecule has 0 atom stereocenters. The molecular formula is C22H22N4OS2. The first-order valence-electron chi connectivity index (χ1n) is 9.50. The summed E-state index contributed by atoms with van der Waals surface area (Å²) in [5.41, 5.74) is 2.97. The molecule has 1 fully saturated rings. The number of aromatic nitrogens is 1. The quantitative estimate of drug-likeness (QED) is 0.484. The number of fused-ring (bicyclic) bond motifs is 1. The number of hydrogen-bond donors (Lipinski definition) is 1. The van der Waals surface area contributed by atoms with E-state index in [0.29, 0.717) is 12.3 Å². The highest BCUT2D eigenvalue weighted by molar-refractivity contribution is 8.01. The van der Waals surface area contributed by atoms with Gasteiger partial charge in [0.1, 0.15) is 0 Å². The van der Waals surface area contributed by atoms with Gasteiger partial charge in [-0.3, -0.25) is 9.69 Å². The van der Waals surface area contributed by atoms with Crippen molar-refractivity contribution in [3.63, 3.8) is 0 Å². The number of para-hydroxylation sites is 1. The van der Waals surface area contributed by atoms with Crippen LogP contribution in [0.3, 0.4) is 0 Å². The summed E-state index contributed by atoms with van der Waals surface area (Å²) in [5, 5.41) is 2.97. The molecule has 1 aromatic heterocycles. The third-order valence-corrected chi connectivity index (χ3v) is 6.98. The number of terminal acetylenes is 1. The number of benzene rings is 2. The molecule has 1 saturated heterocycles. The molecule has 148 valence electrons. The number of thioether (sulfide) groups is 1. The van der Waals surface area contributed by atoms with Crippen LogP contribution in [-0.2, 0) is 4.79 Å². The molecule has 1 amide bonds. The molecule has 3 aromatic rings. The molecular weight excluding hydrogens is 400 g/mol. The molecule has 0 aliphatic carbocycles. The number of amides is 1. The summed E-state index contributed by atoms with van der Waals surface area (Å²) in [7, 11) is 0. The molecule has 2 heterocycles. The molecule has 1 aliphatic heterocycles. The van der Waals surface area contributed by atoms with Crippen LogP contribution in [-0.4, -0.2) is 54.3 Å². The predicted molar refractivity (Wildman–Crippen MR) is 123 cm³/mol. The summed E-state index contributed by atoms with van der Waals surface area (Å²) in [5.74, 6) is 3.03. The topological polar surface area (TPSA) is 48.5 Å². The van der Waals surface area contributed by atoms with Gasteiger partial charge in [-0.25, -0.2) is 4.98 Å². The van der Waals surface area contributed by atoms with E-state index >= 15 is 0 Å². The van der Waals surface area contributed by atoms with Gasteiger partial charge in [0.05, 0.1) is 22.5 Å². The molecule has 1 aliphatic rings. The van der Waals surface area contributed by atoms with Crippen molar-refractivity contribution in [2.75, 3.05) is 48.7 Å². The SMILES string of the molecule is C#CCN1CCN(c2ccc(NC(=O)CSc3nc4ccccc4s3)cc2)CC1. The number of rotatable bonds is 6. The number of nitrogens with one attached hydrogen (secondary N) is 1. The molecule has 1 N–H and O–H groups in total. The fourth-order valence-electron chi connectivity index (χ4n) is 3.29. The molecule has 0 radical (unpaired) electrons. The fraction of sp³-hybridized carbons (Fsp3) is 0.273. The summed E-state index contributed by atoms with van der Waals surface area (Å²) >= 11 is 3.09. The zero-order valence-corrected chi connectivity index (χ0v) is 17.6. The second-order valence-corrected chi connectivity index (χ2v) is 9.05. The summed E-state index contributed by atoms with van der Waals surface area (Å²) in [4.78, 5) is 21.5. The largest absolute Gasteiger partial charge is 0.369 e. The van der Waals surface area contributed by atoms with E-state index in [1.807, 2.05) is 36.4 Å². The lowest BCUT2D eigenvalue weighted by atomic mass is 10.2. The van der Waals surface area contributed by atoms with Gasteiger partial charge in [-0.05, 0) is 36.4 Å². The monoisotopic (exact) mass is 422 g/mol. The van der Waals surface area contributed by atoms with Crippen LogP contribution in [0.5, 0.6) is 0 Å². The minimum absolute atomic E-state index is 0.0232. The Morgan fingerprint density at radius 1 is 1.14 bits per heavy atom. The first-order valence-corrected chi connectivity index (χ1v) is 11.3. The summed E-state index contributed by atoms with van der Waals surface area (Å²) in [6.07, 6.45) is 5.39. The smallest absolute Gasteiger partial charge is 0.234 e. The average Bonchev–Trinajstić information content (AvgIpc) is 3.17. The van der Waals surface area contributed by atoms with E-state index in [4.69, 9.17) is 6.42 Å². The van der Waals surface area contributed by atoms with Crippen LogP contribution < -0.4 is 10.2 Å². The molecule has 5 nitrogen and oxygen atoms in total. The zero-order valence-electron chi connectivity index (χ0n) is 16.0. The second-order valence-electron chi connectivity index (χ2n) is 6.80. The van der Waals surface area contributed by atoms with E-state index in [1.165, 1.54) is 17.4 Å². The standard InChI is InChI=1S/C22H22N4OS2/c1-2-11-25-12-14-26(15-13-25)18-9-7-17(8-10-18)23-21(27)16-28-22-24-19-5-3-4-6-20(19)29-22/h1,3-10H,11-16H2,(H,23,27). The van der Waals surface area contributed by atoms with Gasteiger partial charge in [-0.1, -0.05) is 29.8 Å². The molecule has 7 heteroatoms. The van der Waals surface area contributed by atoms with Crippen LogP contribution in [0, 0.1) is 12.3 Å². The summed E-state index contributed by atoms with van der Waals surface area (Å²) < 4.78 is 2.06. The lowest BCUT2D eigenvalue weighted by Crippen LogP contribution is -2.46. The van der Waals surface area contributed by atoms with E-state index in [2.05, 4.69) is 38.2 Å². The number of thiazole rings is 1. The molecule has 4 rings (SSSR count). The van der Waals surface area contributed by atoms with E-state index in [9.17, 15) is 4.79 Å². The maximum Gasteiger partial charge on any atom is 0.234 e. The lowest BCUT2D eigenvalue weighted by Gasteiger charge is -2.35. The number of carbonyl (C=O) groups excluding carboxylic acids is 1. The van der Waals surface area contributed by atoms with Crippen LogP contribution in [0.25, 0.3) is 10.2 Å². The highest BCUT2D eigenvalue weighted by Gasteiger charge is 2.16. The minimum Gasteiger partial charge on any atom is -0.369 e. The number of hydrogen-bond acceptors (Lipinski definition) is 6. The molecule has 0 spiro atoms. The minimum atomic E-state index is -0.0232. The third kappa shape index (κ3) is 5.10. The van der Waals surface area contributed by atoms with Gasteiger partial charge in [0.2, 0.25) is 5.91 Å². The molecule has 29 heavy (non-hydrogen) atoms. The summed E-state index contributed by atoms with van der Waals surface area (Å²) in [6.45, 7) is 4.60. The van der Waals surface area contributed by atoms with E-state index in [-0.39, 0.29) is 5.91 Å². The summed E-state index contributed by atoms with van der Waals surface area (Å²) in [6, 6.07) is 16.1. The Labute approximate surface area is 179 Å². The van der Waals surface area contributed by atoms with Crippen molar-refractivity contribution in [1.29, 1.82) is 0 Å². The van der Waals surface area contributed by atoms with Gasteiger partial charge in [-0.2, -0.15) is 0 Å². The highest BCUT2D eigenvalue weighted by atomic mass is 32.2. The Hall–Kier alpha value is -2.53. The molecule has 0 saturated carbocycles. The average molecular weight is 423 g/mol. The number of carbonyl (C=O) groups is 1. The van der Waals surface area contributed by atoms with Gasteiger partial charge in [0.25, 0.3) is 0 Å². The molecule has 0 unspecified atom stereocenters. The molecule has 2 aromatic carbocycles. The van der Waals surface area contributed by atoms with E-state index in [0.717, 1.165) is 46.4 Å². The van der Waals surface area contributed by atoms with Gasteiger partial charge in [-0.15, -0.1) is 17.8 Å². The van der Waals surface area contributed by atoms with Crippen LogP contribution in [0.2, 0.25) is 0 Å². The normalized spacial score (nSPS) is 14.7. The Balaban J connectivity index is 1.27. The van der Waals surface area contributed by atoms with Crippen molar-refractivity contribution >= 4 is 50.6 Å². The first-order chi connectivity index (χ1) is 14.2. The molecule has 0 bridgehead atoms. The Kier molecular flexibility index (Phi) is 6.35. The highest BCUT2D eigenvalue weighted by Crippen LogP contribution is 2.29. The maximum absolute atomic E-state index is 12.3. The third-order valence-electron chi connectivity index (χ3n) is 4.80. The van der Waals surface area contributed by atoms with Gasteiger partial charge in [0, 0.05) is 37.6 Å². The van der Waals surface area contributed by atoms with Gasteiger partial charge in [0.15, 0.2) is 4.34 Å². The lowest BCUT2D eigenvalue weighted by molar-refractivity contribution is -0.113. The van der Waals surface area contributed by atoms with Gasteiger partial charge < -0.3 is 10.2 Å². The Bertz CT molecular complexity index is 984. The fourth-order valence-corrected chi connectivity index (χ4v) is 5.15. The first kappa shape index (κ1) is 19.8. The number of piperazine rings is 1. The van der Waals surface area contributed by atoms with Crippen molar-refractivity contribution < 1.29 is 4.79 Å². The van der Waals surface area contributed by atoms with Crippen LogP contribution in [0.4, 0.5) is 11.4 Å². The van der Waals surface area contributed by atoms with Crippen molar-refractivity contribution in [2.45, 2.75) is 4.34 Å². The van der Waals surface area contributed by atoms with Crippen LogP contribution in [0.15, 0.2) is 52.9 Å². The van der Waals surface area contributed by atoms with Gasteiger partial charge >= 0.3 is 0 Å². The Morgan fingerprint density at radius 3 is 2.62 bits per heavy atom. The van der Waals surface area contributed by atoms with Crippen molar-refractivity contribution in [2.24, 2.45) is 0 Å². The predicted octanol–water partition coefficient (Wildman–Crippen LogP) is 3.78. The maximum atomic E-state index is 12.3. The van der Waals surface area contributed by atoms with Crippen LogP contribution >= 0.6 is 23.1 Å². The van der Waals surface area contributed by atoms with Crippen molar-refractivity contribution in [3.8, 4) is 12.3 Å². The number of anilines is 2. The van der Waals surface area contributed by atoms with Crippen LogP contribution in [0.1, 0.15) is 0 Å². The zero-order chi connectivity index (χ0) is 20.1. The van der Waals surface area contributed by atoms with E-state index < -0.39 is 0 Å². The Morgan fingerprint density at radius 2 is 1.90 bits per heavy atom. The second kappa shape index (κ2) is 9.31. The van der Waals surface area contributed by atoms with E-state index in [1.54, 1.807) is 11.3 Å².